The Morgan fingerprint density at radius 3 is 3.05 bits per heavy atom. The fourth-order valence-corrected chi connectivity index (χ4v) is 2.06. The fraction of sp³-hybridized carbons (Fsp3) is 0.467. The van der Waals surface area contributed by atoms with Crippen LogP contribution < -0.4 is 10.6 Å². The SMILES string of the molecule is CC(C)(C#N)CNC(=O)c1ccc2c(c1)CCCN2. The van der Waals surface area contributed by atoms with Crippen LogP contribution in [0, 0.1) is 16.7 Å². The Morgan fingerprint density at radius 1 is 1.53 bits per heavy atom. The largest absolute Gasteiger partial charge is 0.385 e. The maximum atomic E-state index is 12.1. The second kappa shape index (κ2) is 5.31. The smallest absolute Gasteiger partial charge is 0.251 e. The van der Waals surface area contributed by atoms with Gasteiger partial charge in [-0.1, -0.05) is 0 Å². The average molecular weight is 257 g/mol. The summed E-state index contributed by atoms with van der Waals surface area (Å²) < 4.78 is 0. The van der Waals surface area contributed by atoms with Crippen LogP contribution in [0.3, 0.4) is 0 Å². The lowest BCUT2D eigenvalue weighted by molar-refractivity contribution is 0.0943. The van der Waals surface area contributed by atoms with Crippen molar-refractivity contribution >= 4 is 11.6 Å². The average Bonchev–Trinajstić information content (AvgIpc) is 2.44. The molecule has 0 saturated carbocycles. The van der Waals surface area contributed by atoms with Crippen LogP contribution in [-0.2, 0) is 6.42 Å². The van der Waals surface area contributed by atoms with E-state index in [4.69, 9.17) is 5.26 Å². The summed E-state index contributed by atoms with van der Waals surface area (Å²) >= 11 is 0. The molecule has 0 spiro atoms. The molecule has 0 unspecified atom stereocenters. The third kappa shape index (κ3) is 3.25. The summed E-state index contributed by atoms with van der Waals surface area (Å²) in [6, 6.07) is 7.90. The lowest BCUT2D eigenvalue weighted by Gasteiger charge is -2.19. The maximum absolute atomic E-state index is 12.1. The quantitative estimate of drug-likeness (QED) is 0.873. The molecule has 100 valence electrons. The number of nitriles is 1. The molecule has 0 saturated heterocycles. The van der Waals surface area contributed by atoms with Crippen LogP contribution in [-0.4, -0.2) is 19.0 Å². The van der Waals surface area contributed by atoms with Gasteiger partial charge >= 0.3 is 0 Å². The highest BCUT2D eigenvalue weighted by Crippen LogP contribution is 2.23. The van der Waals surface area contributed by atoms with E-state index in [1.54, 1.807) is 0 Å². The van der Waals surface area contributed by atoms with Crippen LogP contribution in [0.4, 0.5) is 5.69 Å². The number of amides is 1. The van der Waals surface area contributed by atoms with Gasteiger partial charge in [-0.3, -0.25) is 4.79 Å². The predicted octanol–water partition coefficient (Wildman–Crippen LogP) is 2.32. The van der Waals surface area contributed by atoms with Crippen molar-refractivity contribution in [3.05, 3.63) is 29.3 Å². The van der Waals surface area contributed by atoms with E-state index in [2.05, 4.69) is 16.7 Å². The van der Waals surface area contributed by atoms with Gasteiger partial charge in [-0.25, -0.2) is 0 Å². The molecule has 19 heavy (non-hydrogen) atoms. The van der Waals surface area contributed by atoms with Gasteiger partial charge < -0.3 is 10.6 Å². The highest BCUT2D eigenvalue weighted by molar-refractivity contribution is 5.95. The van der Waals surface area contributed by atoms with Crippen molar-refractivity contribution < 1.29 is 4.79 Å². The van der Waals surface area contributed by atoms with E-state index in [1.165, 1.54) is 5.56 Å². The van der Waals surface area contributed by atoms with Crippen molar-refractivity contribution in [1.82, 2.24) is 5.32 Å². The molecule has 0 aromatic heterocycles. The summed E-state index contributed by atoms with van der Waals surface area (Å²) in [5, 5.41) is 15.1. The summed E-state index contributed by atoms with van der Waals surface area (Å²) in [5.41, 5.74) is 2.44. The van der Waals surface area contributed by atoms with Gasteiger partial charge in [-0.05, 0) is 50.5 Å². The molecular formula is C15H19N3O. The van der Waals surface area contributed by atoms with E-state index in [-0.39, 0.29) is 5.91 Å². The van der Waals surface area contributed by atoms with Crippen LogP contribution in [0.1, 0.15) is 36.2 Å². The molecule has 0 bridgehead atoms. The Balaban J connectivity index is 2.06. The first-order valence-electron chi connectivity index (χ1n) is 6.58. The van der Waals surface area contributed by atoms with E-state index in [1.807, 2.05) is 32.0 Å². The Hall–Kier alpha value is -2.02. The van der Waals surface area contributed by atoms with Crippen LogP contribution in [0.25, 0.3) is 0 Å². The Kier molecular flexibility index (Phi) is 3.75. The summed E-state index contributed by atoms with van der Waals surface area (Å²) in [6.45, 7) is 4.97. The molecular weight excluding hydrogens is 238 g/mol. The van der Waals surface area contributed by atoms with Gasteiger partial charge in [-0.15, -0.1) is 0 Å². The van der Waals surface area contributed by atoms with Gasteiger partial charge in [0.25, 0.3) is 5.91 Å². The summed E-state index contributed by atoms with van der Waals surface area (Å²) in [4.78, 5) is 12.1. The third-order valence-corrected chi connectivity index (χ3v) is 3.30. The molecule has 2 N–H and O–H groups in total. The number of nitrogens with zero attached hydrogens (tertiary/aromatic N) is 1. The van der Waals surface area contributed by atoms with Crippen molar-refractivity contribution in [2.45, 2.75) is 26.7 Å². The second-order valence-corrected chi connectivity index (χ2v) is 5.58. The molecule has 0 radical (unpaired) electrons. The molecule has 4 nitrogen and oxygen atoms in total. The molecule has 1 aliphatic heterocycles. The van der Waals surface area contributed by atoms with E-state index >= 15 is 0 Å². The number of carbonyl (C=O) groups excluding carboxylic acids is 1. The third-order valence-electron chi connectivity index (χ3n) is 3.30. The first kappa shape index (κ1) is 13.4. The number of nitrogens with one attached hydrogen (secondary N) is 2. The predicted molar refractivity (Wildman–Crippen MR) is 75.0 cm³/mol. The Labute approximate surface area is 113 Å². The minimum absolute atomic E-state index is 0.114. The number of fused-ring (bicyclic) bond motifs is 1. The number of anilines is 1. The van der Waals surface area contributed by atoms with Gasteiger partial charge in [0.15, 0.2) is 0 Å². The first-order chi connectivity index (χ1) is 9.02. The number of hydrogen-bond acceptors (Lipinski definition) is 3. The lowest BCUT2D eigenvalue weighted by atomic mass is 9.95. The van der Waals surface area contributed by atoms with Gasteiger partial charge in [0.05, 0.1) is 11.5 Å². The van der Waals surface area contributed by atoms with Gasteiger partial charge in [-0.2, -0.15) is 5.26 Å². The summed E-state index contributed by atoms with van der Waals surface area (Å²) in [7, 11) is 0. The molecule has 1 aromatic carbocycles. The molecule has 0 fully saturated rings. The number of carbonyl (C=O) groups is 1. The number of hydrogen-bond donors (Lipinski definition) is 2. The standard InChI is InChI=1S/C15H19N3O/c1-15(2,9-16)10-18-14(19)12-5-6-13-11(8-12)4-3-7-17-13/h5-6,8,17H,3-4,7,10H2,1-2H3,(H,18,19). The van der Waals surface area contributed by atoms with E-state index in [0.717, 1.165) is 25.1 Å². The Morgan fingerprint density at radius 2 is 2.32 bits per heavy atom. The maximum Gasteiger partial charge on any atom is 0.251 e. The topological polar surface area (TPSA) is 64.9 Å². The molecule has 1 amide bonds. The summed E-state index contributed by atoms with van der Waals surface area (Å²) in [6.07, 6.45) is 2.10. The number of benzene rings is 1. The summed E-state index contributed by atoms with van der Waals surface area (Å²) in [5.74, 6) is -0.114. The van der Waals surface area contributed by atoms with Crippen molar-refractivity contribution in [2.75, 3.05) is 18.4 Å². The monoisotopic (exact) mass is 257 g/mol. The molecule has 1 aromatic rings. The zero-order valence-corrected chi connectivity index (χ0v) is 11.4. The van der Waals surface area contributed by atoms with E-state index in [0.29, 0.717) is 12.1 Å². The van der Waals surface area contributed by atoms with Crippen LogP contribution in [0.2, 0.25) is 0 Å². The minimum Gasteiger partial charge on any atom is -0.385 e. The number of aryl methyl sites for hydroxylation is 1. The highest BCUT2D eigenvalue weighted by atomic mass is 16.1. The van der Waals surface area contributed by atoms with Gasteiger partial charge in [0.2, 0.25) is 0 Å². The molecule has 1 aliphatic rings. The molecule has 2 rings (SSSR count). The molecule has 0 aliphatic carbocycles. The number of rotatable bonds is 3. The zero-order chi connectivity index (χ0) is 13.9. The molecule has 4 heteroatoms. The highest BCUT2D eigenvalue weighted by Gasteiger charge is 2.19. The lowest BCUT2D eigenvalue weighted by Crippen LogP contribution is -2.33. The molecule has 0 atom stereocenters. The van der Waals surface area contributed by atoms with Crippen molar-refractivity contribution in [1.29, 1.82) is 5.26 Å². The molecule has 1 heterocycles. The zero-order valence-electron chi connectivity index (χ0n) is 11.4. The normalized spacial score (nSPS) is 13.9. The fourth-order valence-electron chi connectivity index (χ4n) is 2.06. The Bertz CT molecular complexity index is 529. The van der Waals surface area contributed by atoms with Crippen LogP contribution in [0.15, 0.2) is 18.2 Å². The van der Waals surface area contributed by atoms with Crippen LogP contribution in [0.5, 0.6) is 0 Å². The minimum atomic E-state index is -0.536. The first-order valence-corrected chi connectivity index (χ1v) is 6.58. The van der Waals surface area contributed by atoms with Crippen molar-refractivity contribution in [3.8, 4) is 6.07 Å². The van der Waals surface area contributed by atoms with Crippen molar-refractivity contribution in [2.24, 2.45) is 5.41 Å². The van der Waals surface area contributed by atoms with Gasteiger partial charge in [0.1, 0.15) is 0 Å². The van der Waals surface area contributed by atoms with E-state index in [9.17, 15) is 4.79 Å². The van der Waals surface area contributed by atoms with Crippen LogP contribution >= 0.6 is 0 Å². The van der Waals surface area contributed by atoms with Crippen molar-refractivity contribution in [3.63, 3.8) is 0 Å². The second-order valence-electron chi connectivity index (χ2n) is 5.58. The van der Waals surface area contributed by atoms with E-state index < -0.39 is 5.41 Å². The van der Waals surface area contributed by atoms with Gasteiger partial charge in [0, 0.05) is 24.3 Å².